The summed E-state index contributed by atoms with van der Waals surface area (Å²) in [6, 6.07) is 5.94. The molecule has 0 saturated heterocycles. The zero-order chi connectivity index (χ0) is 16.5. The number of nitrogens with one attached hydrogen (secondary N) is 2. The van der Waals surface area contributed by atoms with Crippen LogP contribution in [-0.4, -0.2) is 62.2 Å². The molecular weight excluding hydrogens is 286 g/mol. The minimum Gasteiger partial charge on any atom is -0.497 e. The Morgan fingerprint density at radius 3 is 2.41 bits per heavy atom. The van der Waals surface area contributed by atoms with Crippen molar-refractivity contribution in [2.75, 3.05) is 39.6 Å². The van der Waals surface area contributed by atoms with Gasteiger partial charge in [0.1, 0.15) is 11.8 Å². The van der Waals surface area contributed by atoms with Crippen LogP contribution < -0.4 is 15.4 Å². The van der Waals surface area contributed by atoms with Crippen LogP contribution in [0.4, 0.5) is 5.69 Å². The minimum atomic E-state index is -1.04. The van der Waals surface area contributed by atoms with Crippen LogP contribution in [0.15, 0.2) is 24.3 Å². The average molecular weight is 309 g/mol. The second-order valence-electron chi connectivity index (χ2n) is 5.13. The van der Waals surface area contributed by atoms with Gasteiger partial charge in [-0.25, -0.2) is 0 Å². The summed E-state index contributed by atoms with van der Waals surface area (Å²) in [5.74, 6) is -0.703. The van der Waals surface area contributed by atoms with Gasteiger partial charge in [0.05, 0.1) is 13.5 Å². The van der Waals surface area contributed by atoms with Gasteiger partial charge < -0.3 is 25.4 Å². The van der Waals surface area contributed by atoms with Crippen molar-refractivity contribution < 1.29 is 19.4 Å². The van der Waals surface area contributed by atoms with Gasteiger partial charge in [-0.15, -0.1) is 0 Å². The molecule has 22 heavy (non-hydrogen) atoms. The highest BCUT2D eigenvalue weighted by molar-refractivity contribution is 5.94. The molecule has 1 amide bonds. The van der Waals surface area contributed by atoms with Crippen LogP contribution in [0.2, 0.25) is 0 Å². The first-order chi connectivity index (χ1) is 10.4. The van der Waals surface area contributed by atoms with Crippen LogP contribution in [0.3, 0.4) is 0 Å². The molecule has 7 nitrogen and oxygen atoms in total. The predicted molar refractivity (Wildman–Crippen MR) is 84.2 cm³/mol. The van der Waals surface area contributed by atoms with E-state index < -0.39 is 12.0 Å². The number of rotatable bonds is 9. The Bertz CT molecular complexity index is 488. The Morgan fingerprint density at radius 1 is 1.27 bits per heavy atom. The molecule has 0 aliphatic carbocycles. The van der Waals surface area contributed by atoms with Crippen molar-refractivity contribution >= 4 is 17.6 Å². The Morgan fingerprint density at radius 2 is 1.91 bits per heavy atom. The molecule has 0 unspecified atom stereocenters. The molecule has 0 aromatic heterocycles. The van der Waals surface area contributed by atoms with E-state index in [0.717, 1.165) is 0 Å². The number of aliphatic carboxylic acids is 1. The molecular formula is C15H23N3O4. The Hall–Kier alpha value is -2.12. The van der Waals surface area contributed by atoms with Crippen LogP contribution in [0, 0.1) is 0 Å². The number of nitrogens with zero attached hydrogens (tertiary/aromatic N) is 1. The van der Waals surface area contributed by atoms with Gasteiger partial charge in [0, 0.05) is 18.8 Å². The van der Waals surface area contributed by atoms with Gasteiger partial charge in [0.25, 0.3) is 0 Å². The van der Waals surface area contributed by atoms with Crippen LogP contribution in [0.25, 0.3) is 0 Å². The number of hydrogen-bond acceptors (Lipinski definition) is 5. The number of carboxylic acid groups (broad SMARTS) is 1. The number of methoxy groups -OCH3 is 1. The Labute approximate surface area is 130 Å². The molecule has 0 fully saturated rings. The van der Waals surface area contributed by atoms with Gasteiger partial charge in [-0.1, -0.05) is 0 Å². The van der Waals surface area contributed by atoms with E-state index in [1.165, 1.54) is 0 Å². The molecule has 0 spiro atoms. The zero-order valence-electron chi connectivity index (χ0n) is 13.1. The van der Waals surface area contributed by atoms with Crippen LogP contribution in [-0.2, 0) is 9.59 Å². The van der Waals surface area contributed by atoms with E-state index in [2.05, 4.69) is 10.6 Å². The summed E-state index contributed by atoms with van der Waals surface area (Å²) in [6.07, 6.45) is -0.130. The van der Waals surface area contributed by atoms with E-state index >= 15 is 0 Å². The molecule has 0 bridgehead atoms. The van der Waals surface area contributed by atoms with Gasteiger partial charge in [-0.05, 0) is 38.4 Å². The Kier molecular flexibility index (Phi) is 7.34. The third kappa shape index (κ3) is 6.55. The molecule has 1 rings (SSSR count). The van der Waals surface area contributed by atoms with Crippen molar-refractivity contribution in [3.63, 3.8) is 0 Å². The summed E-state index contributed by atoms with van der Waals surface area (Å²) >= 11 is 0. The number of carbonyl (C=O) groups excluding carboxylic acids is 1. The fraction of sp³-hybridized carbons (Fsp3) is 0.467. The first kappa shape index (κ1) is 17.9. The second-order valence-corrected chi connectivity index (χ2v) is 5.13. The summed E-state index contributed by atoms with van der Waals surface area (Å²) in [5, 5.41) is 14.7. The normalized spacial score (nSPS) is 12.0. The Balaban J connectivity index is 2.49. The SMILES string of the molecule is COc1ccc(NC(=O)C[C@@H](NCCN(C)C)C(=O)O)cc1. The maximum Gasteiger partial charge on any atom is 0.321 e. The van der Waals surface area contributed by atoms with Crippen molar-refractivity contribution in [1.29, 1.82) is 0 Å². The molecule has 1 aromatic rings. The van der Waals surface area contributed by atoms with Crippen molar-refractivity contribution in [2.45, 2.75) is 12.5 Å². The molecule has 0 aliphatic heterocycles. The quantitative estimate of drug-likeness (QED) is 0.620. The standard InChI is InChI=1S/C15H23N3O4/c1-18(2)9-8-16-13(15(20)21)10-14(19)17-11-4-6-12(22-3)7-5-11/h4-7,13,16H,8-10H2,1-3H3,(H,17,19)(H,20,21)/t13-/m1/s1. The van der Waals surface area contributed by atoms with E-state index in [1.807, 2.05) is 19.0 Å². The van der Waals surface area contributed by atoms with E-state index in [0.29, 0.717) is 24.5 Å². The average Bonchev–Trinajstić information content (AvgIpc) is 2.46. The number of likely N-dealkylation sites (N-methyl/N-ethyl adjacent to an activating group) is 1. The number of carboxylic acids is 1. The van der Waals surface area contributed by atoms with Gasteiger partial charge in [-0.3, -0.25) is 9.59 Å². The van der Waals surface area contributed by atoms with E-state index in [4.69, 9.17) is 9.84 Å². The fourth-order valence-electron chi connectivity index (χ4n) is 1.78. The highest BCUT2D eigenvalue weighted by Gasteiger charge is 2.20. The number of ether oxygens (including phenoxy) is 1. The first-order valence-corrected chi connectivity index (χ1v) is 6.97. The predicted octanol–water partition coefficient (Wildman–Crippen LogP) is 0.628. The summed E-state index contributed by atoms with van der Waals surface area (Å²) < 4.78 is 5.03. The topological polar surface area (TPSA) is 90.9 Å². The highest BCUT2D eigenvalue weighted by Crippen LogP contribution is 2.15. The molecule has 1 atom stereocenters. The fourth-order valence-corrected chi connectivity index (χ4v) is 1.78. The third-order valence-corrected chi connectivity index (χ3v) is 3.01. The molecule has 7 heteroatoms. The smallest absolute Gasteiger partial charge is 0.321 e. The number of benzene rings is 1. The maximum atomic E-state index is 11.9. The molecule has 0 aliphatic rings. The number of carbonyl (C=O) groups is 2. The molecule has 3 N–H and O–H groups in total. The minimum absolute atomic E-state index is 0.130. The molecule has 0 heterocycles. The third-order valence-electron chi connectivity index (χ3n) is 3.01. The molecule has 122 valence electrons. The lowest BCUT2D eigenvalue weighted by molar-refractivity contribution is -0.141. The molecule has 0 saturated carbocycles. The molecule has 0 radical (unpaired) electrons. The van der Waals surface area contributed by atoms with Crippen LogP contribution in [0.1, 0.15) is 6.42 Å². The van der Waals surface area contributed by atoms with Crippen LogP contribution in [0.5, 0.6) is 5.75 Å². The summed E-state index contributed by atoms with van der Waals surface area (Å²) in [5.41, 5.74) is 0.600. The van der Waals surface area contributed by atoms with E-state index in [-0.39, 0.29) is 12.3 Å². The monoisotopic (exact) mass is 309 g/mol. The van der Waals surface area contributed by atoms with Gasteiger partial charge in [-0.2, -0.15) is 0 Å². The second kappa shape index (κ2) is 9.01. The summed E-state index contributed by atoms with van der Waals surface area (Å²) in [6.45, 7) is 1.20. The lowest BCUT2D eigenvalue weighted by Crippen LogP contribution is -2.42. The zero-order valence-corrected chi connectivity index (χ0v) is 13.1. The van der Waals surface area contributed by atoms with Crippen LogP contribution >= 0.6 is 0 Å². The van der Waals surface area contributed by atoms with Gasteiger partial charge in [0.2, 0.25) is 5.91 Å². The van der Waals surface area contributed by atoms with Crippen molar-refractivity contribution in [1.82, 2.24) is 10.2 Å². The summed E-state index contributed by atoms with van der Waals surface area (Å²) in [7, 11) is 5.35. The maximum absolute atomic E-state index is 11.9. The summed E-state index contributed by atoms with van der Waals surface area (Å²) in [4.78, 5) is 25.0. The first-order valence-electron chi connectivity index (χ1n) is 6.97. The largest absolute Gasteiger partial charge is 0.497 e. The number of hydrogen-bond donors (Lipinski definition) is 3. The van der Waals surface area contributed by atoms with E-state index in [9.17, 15) is 9.59 Å². The van der Waals surface area contributed by atoms with Gasteiger partial charge >= 0.3 is 5.97 Å². The highest BCUT2D eigenvalue weighted by atomic mass is 16.5. The number of amides is 1. The van der Waals surface area contributed by atoms with Crippen molar-refractivity contribution in [3.05, 3.63) is 24.3 Å². The van der Waals surface area contributed by atoms with Crippen molar-refractivity contribution in [3.8, 4) is 5.75 Å². The number of anilines is 1. The van der Waals surface area contributed by atoms with Crippen molar-refractivity contribution in [2.24, 2.45) is 0 Å². The van der Waals surface area contributed by atoms with Gasteiger partial charge in [0.15, 0.2) is 0 Å². The van der Waals surface area contributed by atoms with E-state index in [1.54, 1.807) is 31.4 Å². The lowest BCUT2D eigenvalue weighted by Gasteiger charge is -2.16. The lowest BCUT2D eigenvalue weighted by atomic mass is 10.2. The molecule has 1 aromatic carbocycles.